The number of hydrogen-bond donors (Lipinski definition) is 13. The zero-order valence-electron chi connectivity index (χ0n) is 36.0. The Morgan fingerprint density at radius 2 is 1.45 bits per heavy atom. The number of carbonyl (C=O) groups excluding carboxylic acids is 5. The van der Waals surface area contributed by atoms with Crippen LogP contribution in [-0.2, 0) is 36.8 Å². The molecule has 18 nitrogen and oxygen atoms in total. The smallest absolute Gasteiger partial charge is 0.243 e. The topological polar surface area (TPSA) is 258 Å². The zero-order chi connectivity index (χ0) is 44.0. The zero-order valence-corrected chi connectivity index (χ0v) is 36.0. The fraction of sp³-hybridized carbons (Fsp3) is 0.595. The first kappa shape index (κ1) is 49.7. The summed E-state index contributed by atoms with van der Waals surface area (Å²) < 4.78 is 0. The molecule has 0 aliphatic carbocycles. The lowest BCUT2D eigenvalue weighted by atomic mass is 9.96. The summed E-state index contributed by atoms with van der Waals surface area (Å²) in [4.78, 5) is 67.6. The maximum Gasteiger partial charge on any atom is 0.243 e. The first-order chi connectivity index (χ1) is 28.9. The van der Waals surface area contributed by atoms with Crippen LogP contribution in [0, 0.1) is 0 Å². The number of phenols is 1. The molecule has 0 fully saturated rings. The third-order valence-electron chi connectivity index (χ3n) is 10.8. The molecular formula is C42H69N11O7. The minimum absolute atomic E-state index is 0.0172. The summed E-state index contributed by atoms with van der Waals surface area (Å²) in [5, 5.41) is 53.8. The lowest BCUT2D eigenvalue weighted by Crippen LogP contribution is -2.58. The highest BCUT2D eigenvalue weighted by Gasteiger charge is 2.32. The Hall–Kier alpha value is -4.69. The molecule has 0 saturated carbocycles. The molecule has 18 heteroatoms. The van der Waals surface area contributed by atoms with Crippen molar-refractivity contribution in [2.75, 3.05) is 75.0 Å². The van der Waals surface area contributed by atoms with Gasteiger partial charge in [-0.2, -0.15) is 0 Å². The molecule has 7 atom stereocenters. The third-order valence-corrected chi connectivity index (χ3v) is 10.8. The van der Waals surface area contributed by atoms with Crippen LogP contribution in [0.5, 0.6) is 5.75 Å². The molecule has 2 aromatic carbocycles. The molecule has 0 aromatic heterocycles. The van der Waals surface area contributed by atoms with Crippen molar-refractivity contribution in [1.82, 2.24) is 58.5 Å². The maximum atomic E-state index is 14.0. The van der Waals surface area contributed by atoms with Gasteiger partial charge in [0.05, 0.1) is 18.2 Å². The van der Waals surface area contributed by atoms with Gasteiger partial charge in [0.1, 0.15) is 23.9 Å². The quantitative estimate of drug-likeness (QED) is 0.0521. The van der Waals surface area contributed by atoms with Crippen molar-refractivity contribution in [1.29, 1.82) is 0 Å². The van der Waals surface area contributed by atoms with Crippen molar-refractivity contribution in [3.8, 4) is 16.9 Å². The molecule has 1 heterocycles. The molecule has 5 amide bonds. The van der Waals surface area contributed by atoms with Crippen LogP contribution >= 0.6 is 0 Å². The molecule has 0 saturated heterocycles. The number of fused-ring (bicyclic) bond motifs is 5. The van der Waals surface area contributed by atoms with E-state index in [-0.39, 0.29) is 56.0 Å². The molecule has 13 N–H and O–H groups in total. The first-order valence-corrected chi connectivity index (χ1v) is 20.9. The number of hydrogen-bond acceptors (Lipinski definition) is 13. The highest BCUT2D eigenvalue weighted by Crippen LogP contribution is 2.28. The average Bonchev–Trinajstić information content (AvgIpc) is 3.24. The van der Waals surface area contributed by atoms with Gasteiger partial charge in [0.15, 0.2) is 0 Å². The van der Waals surface area contributed by atoms with Gasteiger partial charge in [0.25, 0.3) is 0 Å². The second kappa shape index (κ2) is 26.5. The van der Waals surface area contributed by atoms with Crippen molar-refractivity contribution >= 4 is 29.5 Å². The SMILES string of the molecule is CNCCC[C@@H](CNC(=O)[C@H](CCCNC(=O)[C@H](CNC(=O)[C@@H]1Cc2cccc(c2)-c2ccc(O)c(c2)C[C@H](NC)C(=O)N[C@@H](C[C@@H](O)CNC)C(=O)N1)NC)NC)NC. The van der Waals surface area contributed by atoms with Gasteiger partial charge < -0.3 is 68.7 Å². The maximum absolute atomic E-state index is 14.0. The summed E-state index contributed by atoms with van der Waals surface area (Å²) in [6, 6.07) is 8.33. The van der Waals surface area contributed by atoms with E-state index in [1.807, 2.05) is 38.4 Å². The van der Waals surface area contributed by atoms with Gasteiger partial charge in [-0.25, -0.2) is 0 Å². The fourth-order valence-electron chi connectivity index (χ4n) is 7.08. The second-order valence-corrected chi connectivity index (χ2v) is 15.2. The van der Waals surface area contributed by atoms with E-state index in [0.29, 0.717) is 31.5 Å². The monoisotopic (exact) mass is 840 g/mol. The van der Waals surface area contributed by atoms with Gasteiger partial charge >= 0.3 is 0 Å². The highest BCUT2D eigenvalue weighted by atomic mass is 16.3. The Bertz CT molecular complexity index is 1680. The van der Waals surface area contributed by atoms with Gasteiger partial charge in [-0.1, -0.05) is 30.3 Å². The summed E-state index contributed by atoms with van der Waals surface area (Å²) in [7, 11) is 10.4. The normalized spacial score (nSPS) is 19.0. The lowest BCUT2D eigenvalue weighted by Gasteiger charge is -2.27. The van der Waals surface area contributed by atoms with Crippen molar-refractivity contribution in [3.05, 3.63) is 53.6 Å². The predicted molar refractivity (Wildman–Crippen MR) is 232 cm³/mol. The summed E-state index contributed by atoms with van der Waals surface area (Å²) in [6.07, 6.45) is 1.97. The van der Waals surface area contributed by atoms with Crippen molar-refractivity contribution in [2.45, 2.75) is 87.3 Å². The third kappa shape index (κ3) is 16.1. The van der Waals surface area contributed by atoms with Gasteiger partial charge in [0, 0.05) is 51.5 Å². The number of phenolic OH excluding ortho intramolecular Hbond substituents is 1. The van der Waals surface area contributed by atoms with Crippen LogP contribution in [0.4, 0.5) is 0 Å². The van der Waals surface area contributed by atoms with Crippen molar-refractivity contribution < 1.29 is 34.2 Å². The number of aromatic hydroxyl groups is 1. The minimum atomic E-state index is -1.22. The van der Waals surface area contributed by atoms with Crippen LogP contribution in [-0.4, -0.2) is 157 Å². The molecule has 60 heavy (non-hydrogen) atoms. The molecule has 1 aliphatic rings. The van der Waals surface area contributed by atoms with Crippen LogP contribution in [0.3, 0.4) is 0 Å². The van der Waals surface area contributed by atoms with Crippen LogP contribution in [0.1, 0.15) is 43.2 Å². The Labute approximate surface area is 354 Å². The van der Waals surface area contributed by atoms with E-state index in [2.05, 4.69) is 58.5 Å². The summed E-state index contributed by atoms with van der Waals surface area (Å²) in [5.74, 6) is -2.21. The predicted octanol–water partition coefficient (Wildman–Crippen LogP) is -2.42. The lowest BCUT2D eigenvalue weighted by molar-refractivity contribution is -0.133. The van der Waals surface area contributed by atoms with E-state index in [1.165, 1.54) is 0 Å². The van der Waals surface area contributed by atoms with E-state index in [4.69, 9.17) is 0 Å². The molecule has 0 unspecified atom stereocenters. The van der Waals surface area contributed by atoms with Gasteiger partial charge in [0.2, 0.25) is 29.5 Å². The average molecular weight is 840 g/mol. The molecule has 4 bridgehead atoms. The number of carbonyl (C=O) groups is 5. The Kier molecular flexibility index (Phi) is 21.9. The van der Waals surface area contributed by atoms with Crippen molar-refractivity contribution in [3.63, 3.8) is 0 Å². The molecule has 334 valence electrons. The molecule has 3 rings (SSSR count). The fourth-order valence-corrected chi connectivity index (χ4v) is 7.08. The van der Waals surface area contributed by atoms with Gasteiger partial charge in [-0.3, -0.25) is 24.0 Å². The molecular weight excluding hydrogens is 771 g/mol. The van der Waals surface area contributed by atoms with Crippen LogP contribution in [0.25, 0.3) is 11.1 Å². The second-order valence-electron chi connectivity index (χ2n) is 15.2. The standard InChI is InChI=1S/C42H69N11O7/c1-43-16-8-12-30(45-3)23-50-38(56)32(46-4)13-9-17-49-40(58)36(48-6)25-51-39(57)34-19-26-10-7-11-27(18-26)28-14-15-37(55)29(20-28)21-33(47-5)41(59)53-35(42(60)52-34)22-31(54)24-44-2/h7,10-11,14-15,18,20,30-36,43-48,54-55H,8-9,12-13,16-17,19,21-25H2,1-6H3,(H,49,58)(H,50,56)(H,51,57)(H,52,60)(H,53,59)/t30-,31+,32-,33-,34-,35-,36-/m0/s1. The molecule has 0 radical (unpaired) electrons. The summed E-state index contributed by atoms with van der Waals surface area (Å²) >= 11 is 0. The Morgan fingerprint density at radius 1 is 0.733 bits per heavy atom. The van der Waals surface area contributed by atoms with Gasteiger partial charge in [-0.15, -0.1) is 0 Å². The summed E-state index contributed by atoms with van der Waals surface area (Å²) in [5.41, 5.74) is 2.84. The highest BCUT2D eigenvalue weighted by molar-refractivity contribution is 5.93. The number of aliphatic hydroxyl groups is 1. The van der Waals surface area contributed by atoms with Crippen LogP contribution < -0.4 is 58.5 Å². The van der Waals surface area contributed by atoms with E-state index in [1.54, 1.807) is 46.4 Å². The molecule has 0 spiro atoms. The number of nitrogens with one attached hydrogen (secondary N) is 11. The Balaban J connectivity index is 1.72. The molecule has 1 aliphatic heterocycles. The van der Waals surface area contributed by atoms with E-state index in [9.17, 15) is 34.2 Å². The number of likely N-dealkylation sites (N-methyl/N-ethyl adjacent to an activating group) is 5. The van der Waals surface area contributed by atoms with Crippen LogP contribution in [0.15, 0.2) is 42.5 Å². The molecule has 2 aromatic rings. The Morgan fingerprint density at radius 3 is 2.13 bits per heavy atom. The first-order valence-electron chi connectivity index (χ1n) is 20.9. The minimum Gasteiger partial charge on any atom is -0.508 e. The van der Waals surface area contributed by atoms with Crippen LogP contribution in [0.2, 0.25) is 0 Å². The number of amides is 5. The number of aliphatic hydroxyl groups excluding tert-OH is 1. The number of benzene rings is 2. The van der Waals surface area contributed by atoms with E-state index >= 15 is 0 Å². The largest absolute Gasteiger partial charge is 0.508 e. The summed E-state index contributed by atoms with van der Waals surface area (Å²) in [6.45, 7) is 1.77. The van der Waals surface area contributed by atoms with Crippen molar-refractivity contribution in [2.24, 2.45) is 0 Å². The van der Waals surface area contributed by atoms with E-state index in [0.717, 1.165) is 36.1 Å². The number of rotatable bonds is 23. The van der Waals surface area contributed by atoms with E-state index < -0.39 is 54.0 Å². The van der Waals surface area contributed by atoms with Gasteiger partial charge in [-0.05, 0) is 109 Å².